The third-order valence-corrected chi connectivity index (χ3v) is 5.97. The van der Waals surface area contributed by atoms with Crippen molar-refractivity contribution in [1.82, 2.24) is 15.2 Å². The molecule has 1 N–H and O–H groups in total. The van der Waals surface area contributed by atoms with Crippen LogP contribution in [-0.2, 0) is 16.0 Å². The lowest BCUT2D eigenvalue weighted by molar-refractivity contribution is -0.141. The van der Waals surface area contributed by atoms with Gasteiger partial charge in [-0.25, -0.2) is 0 Å². The van der Waals surface area contributed by atoms with Gasteiger partial charge in [0.1, 0.15) is 0 Å². The van der Waals surface area contributed by atoms with E-state index in [0.717, 1.165) is 37.8 Å². The maximum absolute atomic E-state index is 12.6. The standard InChI is InChI=1S/C22H33N3O2/c26-21-14-13-18(17-25(21)20-11-3-1-2-4-12-20)22(27)24-16-8-6-10-19-9-5-7-15-23-19/h5,7,9,15,18,20H,1-4,6,8,10-14,16-17H2,(H,24,27). The average Bonchev–Trinajstić information content (AvgIpc) is 2.98. The van der Waals surface area contributed by atoms with Gasteiger partial charge in [-0.2, -0.15) is 0 Å². The van der Waals surface area contributed by atoms with Crippen LogP contribution in [0.5, 0.6) is 0 Å². The Hall–Kier alpha value is -1.91. The van der Waals surface area contributed by atoms with Crippen LogP contribution < -0.4 is 5.32 Å². The molecule has 0 aromatic carbocycles. The number of aryl methyl sites for hydroxylation is 1. The molecule has 3 rings (SSSR count). The summed E-state index contributed by atoms with van der Waals surface area (Å²) >= 11 is 0. The van der Waals surface area contributed by atoms with Crippen molar-refractivity contribution in [2.75, 3.05) is 13.1 Å². The number of aromatic nitrogens is 1. The molecule has 5 nitrogen and oxygen atoms in total. The van der Waals surface area contributed by atoms with Crippen molar-refractivity contribution in [3.8, 4) is 0 Å². The molecule has 1 aliphatic carbocycles. The molecule has 27 heavy (non-hydrogen) atoms. The normalized spacial score (nSPS) is 21.7. The van der Waals surface area contributed by atoms with Crippen molar-refractivity contribution in [3.63, 3.8) is 0 Å². The lowest BCUT2D eigenvalue weighted by Crippen LogP contribution is -2.50. The molecule has 1 atom stereocenters. The predicted octanol–water partition coefficient (Wildman–Crippen LogP) is 3.48. The van der Waals surface area contributed by atoms with Gasteiger partial charge in [-0.1, -0.05) is 31.7 Å². The van der Waals surface area contributed by atoms with Gasteiger partial charge in [0.15, 0.2) is 0 Å². The number of unbranched alkanes of at least 4 members (excludes halogenated alkanes) is 1. The van der Waals surface area contributed by atoms with Crippen LogP contribution in [-0.4, -0.2) is 40.8 Å². The van der Waals surface area contributed by atoms with Gasteiger partial charge in [0.05, 0.1) is 5.92 Å². The number of hydrogen-bond acceptors (Lipinski definition) is 3. The van der Waals surface area contributed by atoms with Crippen LogP contribution in [0.15, 0.2) is 24.4 Å². The predicted molar refractivity (Wildman–Crippen MR) is 106 cm³/mol. The van der Waals surface area contributed by atoms with Gasteiger partial charge in [-0.05, 0) is 50.7 Å². The van der Waals surface area contributed by atoms with Gasteiger partial charge in [0.2, 0.25) is 11.8 Å². The van der Waals surface area contributed by atoms with Crippen molar-refractivity contribution >= 4 is 11.8 Å². The van der Waals surface area contributed by atoms with Crippen LogP contribution in [0.2, 0.25) is 0 Å². The van der Waals surface area contributed by atoms with E-state index in [1.807, 2.05) is 29.3 Å². The van der Waals surface area contributed by atoms with E-state index in [0.29, 0.717) is 32.0 Å². The molecular weight excluding hydrogens is 338 g/mol. The molecular formula is C22H33N3O2. The zero-order chi connectivity index (χ0) is 18.9. The van der Waals surface area contributed by atoms with Crippen LogP contribution in [0.4, 0.5) is 0 Å². The Balaban J connectivity index is 1.39. The number of likely N-dealkylation sites (tertiary alicyclic amines) is 1. The summed E-state index contributed by atoms with van der Waals surface area (Å²) < 4.78 is 0. The van der Waals surface area contributed by atoms with Gasteiger partial charge < -0.3 is 10.2 Å². The molecule has 5 heteroatoms. The Morgan fingerprint density at radius 3 is 2.67 bits per heavy atom. The molecule has 2 fully saturated rings. The third kappa shape index (κ3) is 6.05. The zero-order valence-corrected chi connectivity index (χ0v) is 16.4. The van der Waals surface area contributed by atoms with Crippen molar-refractivity contribution in [3.05, 3.63) is 30.1 Å². The second-order valence-corrected chi connectivity index (χ2v) is 8.00. The first-order valence-corrected chi connectivity index (χ1v) is 10.7. The zero-order valence-electron chi connectivity index (χ0n) is 16.4. The lowest BCUT2D eigenvalue weighted by Gasteiger charge is -2.37. The first kappa shape index (κ1) is 19.8. The van der Waals surface area contributed by atoms with Crippen molar-refractivity contribution in [1.29, 1.82) is 0 Å². The number of carbonyl (C=O) groups excluding carboxylic acids is 2. The Labute approximate surface area is 162 Å². The van der Waals surface area contributed by atoms with E-state index < -0.39 is 0 Å². The molecule has 2 amide bonds. The fraction of sp³-hybridized carbons (Fsp3) is 0.682. The lowest BCUT2D eigenvalue weighted by atomic mass is 9.93. The van der Waals surface area contributed by atoms with E-state index in [-0.39, 0.29) is 17.7 Å². The second-order valence-electron chi connectivity index (χ2n) is 8.00. The van der Waals surface area contributed by atoms with Gasteiger partial charge in [0, 0.05) is 37.4 Å². The molecule has 0 bridgehead atoms. The number of nitrogens with zero attached hydrogens (tertiary/aromatic N) is 2. The van der Waals surface area contributed by atoms with Crippen molar-refractivity contribution in [2.45, 2.75) is 76.7 Å². The molecule has 1 saturated heterocycles. The van der Waals surface area contributed by atoms with Crippen LogP contribution in [0.1, 0.15) is 69.9 Å². The molecule has 1 aliphatic heterocycles. The van der Waals surface area contributed by atoms with E-state index in [4.69, 9.17) is 0 Å². The number of pyridine rings is 1. The largest absolute Gasteiger partial charge is 0.356 e. The van der Waals surface area contributed by atoms with E-state index >= 15 is 0 Å². The summed E-state index contributed by atoms with van der Waals surface area (Å²) in [4.78, 5) is 31.3. The Kier molecular flexibility index (Phi) is 7.66. The number of nitrogens with one attached hydrogen (secondary N) is 1. The summed E-state index contributed by atoms with van der Waals surface area (Å²) in [6, 6.07) is 6.33. The monoisotopic (exact) mass is 371 g/mol. The van der Waals surface area contributed by atoms with E-state index in [9.17, 15) is 9.59 Å². The summed E-state index contributed by atoms with van der Waals surface area (Å²) in [5.41, 5.74) is 1.11. The Bertz CT molecular complexity index is 597. The minimum Gasteiger partial charge on any atom is -0.356 e. The van der Waals surface area contributed by atoms with Crippen molar-refractivity contribution in [2.24, 2.45) is 5.92 Å². The molecule has 1 aromatic heterocycles. The van der Waals surface area contributed by atoms with Gasteiger partial charge in [-0.3, -0.25) is 14.6 Å². The third-order valence-electron chi connectivity index (χ3n) is 5.97. The number of amides is 2. The molecule has 2 aliphatic rings. The molecule has 1 unspecified atom stereocenters. The minimum atomic E-state index is -0.0401. The maximum Gasteiger partial charge on any atom is 0.224 e. The number of rotatable bonds is 7. The van der Waals surface area contributed by atoms with Crippen molar-refractivity contribution < 1.29 is 9.59 Å². The fourth-order valence-electron chi connectivity index (χ4n) is 4.34. The molecule has 2 heterocycles. The van der Waals surface area contributed by atoms with E-state index in [1.165, 1.54) is 25.7 Å². The number of hydrogen-bond donors (Lipinski definition) is 1. The van der Waals surface area contributed by atoms with Crippen LogP contribution in [0.25, 0.3) is 0 Å². The molecule has 1 saturated carbocycles. The summed E-state index contributed by atoms with van der Waals surface area (Å²) in [6.07, 6.45) is 13.2. The maximum atomic E-state index is 12.6. The van der Waals surface area contributed by atoms with Crippen LogP contribution >= 0.6 is 0 Å². The first-order valence-electron chi connectivity index (χ1n) is 10.7. The highest BCUT2D eigenvalue weighted by atomic mass is 16.2. The first-order chi connectivity index (χ1) is 13.2. The highest BCUT2D eigenvalue weighted by molar-refractivity contribution is 5.84. The van der Waals surface area contributed by atoms with E-state index in [2.05, 4.69) is 10.3 Å². The minimum absolute atomic E-state index is 0.0401. The average molecular weight is 372 g/mol. The number of carbonyl (C=O) groups is 2. The quantitative estimate of drug-likeness (QED) is 0.589. The summed E-state index contributed by atoms with van der Waals surface area (Å²) in [6.45, 7) is 1.32. The highest BCUT2D eigenvalue weighted by Gasteiger charge is 2.34. The summed E-state index contributed by atoms with van der Waals surface area (Å²) in [7, 11) is 0. The number of piperidine rings is 1. The second kappa shape index (κ2) is 10.4. The summed E-state index contributed by atoms with van der Waals surface area (Å²) in [5, 5.41) is 3.09. The van der Waals surface area contributed by atoms with Gasteiger partial charge in [-0.15, -0.1) is 0 Å². The molecule has 0 spiro atoms. The van der Waals surface area contributed by atoms with Gasteiger partial charge in [0.25, 0.3) is 0 Å². The smallest absolute Gasteiger partial charge is 0.224 e. The molecule has 0 radical (unpaired) electrons. The highest BCUT2D eigenvalue weighted by Crippen LogP contribution is 2.27. The SMILES string of the molecule is O=C(NCCCCc1ccccn1)C1CCC(=O)N(C2CCCCCC2)C1. The van der Waals surface area contributed by atoms with Gasteiger partial charge >= 0.3 is 0 Å². The van der Waals surface area contributed by atoms with E-state index in [1.54, 1.807) is 0 Å². The topological polar surface area (TPSA) is 62.3 Å². The Morgan fingerprint density at radius 2 is 1.93 bits per heavy atom. The molecule has 148 valence electrons. The Morgan fingerprint density at radius 1 is 1.11 bits per heavy atom. The van der Waals surface area contributed by atoms with Crippen LogP contribution in [0.3, 0.4) is 0 Å². The fourth-order valence-corrected chi connectivity index (χ4v) is 4.34. The molecule has 1 aromatic rings. The van der Waals surface area contributed by atoms with Crippen LogP contribution in [0, 0.1) is 5.92 Å². The summed E-state index contributed by atoms with van der Waals surface area (Å²) in [5.74, 6) is 0.335.